The van der Waals surface area contributed by atoms with Crippen molar-refractivity contribution in [3.05, 3.63) is 21.3 Å². The molecule has 0 radical (unpaired) electrons. The second-order valence-corrected chi connectivity index (χ2v) is 10.8. The summed E-state index contributed by atoms with van der Waals surface area (Å²) in [6.07, 6.45) is -8.98. The molecular weight excluding hydrogens is 618 g/mol. The summed E-state index contributed by atoms with van der Waals surface area (Å²) in [4.78, 5) is 99.5. The molecule has 0 unspecified atom stereocenters. The molecule has 0 saturated carbocycles. The van der Waals surface area contributed by atoms with E-state index in [9.17, 15) is 43.7 Å². The molecule has 0 spiro atoms. The van der Waals surface area contributed by atoms with Crippen LogP contribution in [0.2, 0.25) is 0 Å². The Kier molecular flexibility index (Phi) is 14.8. The first-order valence-electron chi connectivity index (χ1n) is 14.1. The molecule has 0 fully saturated rings. The number of esters is 7. The standard InChI is InChI=1S/C29H41NO16/c1-14-10-21(29(30(38)39,12-15(14)2)22(28(37)41-9)11-24(36)40-8)25(44-18(5)33)27(46-20(7)35)26(45-19(6)34)23(43-17(4)32)13-42-16(3)31/h21-23,25-27H,10-13H2,1-9H3/t21-,22-,23+,25+,26+,27+,29-/m0/s1. The van der Waals surface area contributed by atoms with Gasteiger partial charge in [-0.1, -0.05) is 11.1 Å². The summed E-state index contributed by atoms with van der Waals surface area (Å²) in [6.45, 7) is 7.36. The molecule has 0 saturated heterocycles. The van der Waals surface area contributed by atoms with E-state index in [4.69, 9.17) is 33.2 Å². The van der Waals surface area contributed by atoms with E-state index >= 15 is 0 Å². The summed E-state index contributed by atoms with van der Waals surface area (Å²) in [5.74, 6) is -10.4. The molecule has 0 amide bonds. The fourth-order valence-corrected chi connectivity index (χ4v) is 5.59. The maximum Gasteiger partial charge on any atom is 0.316 e. The Morgan fingerprint density at radius 3 is 1.74 bits per heavy atom. The summed E-state index contributed by atoms with van der Waals surface area (Å²) in [5, 5.41) is 13.3. The summed E-state index contributed by atoms with van der Waals surface area (Å²) in [7, 11) is 1.98. The van der Waals surface area contributed by atoms with Gasteiger partial charge in [-0.05, 0) is 20.3 Å². The summed E-state index contributed by atoms with van der Waals surface area (Å²) < 4.78 is 36.5. The molecule has 0 bridgehead atoms. The molecule has 0 N–H and O–H groups in total. The zero-order valence-corrected chi connectivity index (χ0v) is 27.3. The van der Waals surface area contributed by atoms with Gasteiger partial charge in [0.25, 0.3) is 0 Å². The van der Waals surface area contributed by atoms with Crippen LogP contribution in [0.15, 0.2) is 11.1 Å². The molecule has 46 heavy (non-hydrogen) atoms. The van der Waals surface area contributed by atoms with Crippen molar-refractivity contribution in [2.24, 2.45) is 11.8 Å². The highest BCUT2D eigenvalue weighted by Gasteiger charge is 2.66. The Morgan fingerprint density at radius 1 is 0.783 bits per heavy atom. The number of carbonyl (C=O) groups excluding carboxylic acids is 7. The number of ether oxygens (including phenoxy) is 7. The first kappa shape index (κ1) is 39.5. The molecule has 17 nitrogen and oxygen atoms in total. The van der Waals surface area contributed by atoms with Crippen LogP contribution in [-0.2, 0) is 66.7 Å². The summed E-state index contributed by atoms with van der Waals surface area (Å²) in [5.41, 5.74) is -1.43. The van der Waals surface area contributed by atoms with E-state index in [2.05, 4.69) is 0 Å². The summed E-state index contributed by atoms with van der Waals surface area (Å²) >= 11 is 0. The van der Waals surface area contributed by atoms with Crippen LogP contribution in [0.5, 0.6) is 0 Å². The van der Waals surface area contributed by atoms with Gasteiger partial charge in [-0.3, -0.25) is 43.7 Å². The van der Waals surface area contributed by atoms with E-state index in [1.54, 1.807) is 13.8 Å². The van der Waals surface area contributed by atoms with Crippen LogP contribution in [0.1, 0.15) is 67.7 Å². The molecule has 0 aromatic heterocycles. The Labute approximate surface area is 265 Å². The Hall–Kier alpha value is -4.57. The molecule has 0 heterocycles. The van der Waals surface area contributed by atoms with Crippen LogP contribution in [0.25, 0.3) is 0 Å². The third-order valence-electron chi connectivity index (χ3n) is 7.56. The highest BCUT2D eigenvalue weighted by molar-refractivity contribution is 5.81. The lowest BCUT2D eigenvalue weighted by molar-refractivity contribution is -0.593. The van der Waals surface area contributed by atoms with Gasteiger partial charge in [0.05, 0.1) is 26.6 Å². The van der Waals surface area contributed by atoms with E-state index in [0.29, 0.717) is 11.1 Å². The minimum Gasteiger partial charge on any atom is -0.469 e. The number of methoxy groups -OCH3 is 2. The Morgan fingerprint density at radius 2 is 1.30 bits per heavy atom. The molecular formula is C29H41NO16. The lowest BCUT2D eigenvalue weighted by atomic mass is 9.61. The monoisotopic (exact) mass is 659 g/mol. The number of allylic oxidation sites excluding steroid dienone is 1. The molecule has 1 aliphatic rings. The van der Waals surface area contributed by atoms with Crippen molar-refractivity contribution in [2.75, 3.05) is 20.8 Å². The fraction of sp³-hybridized carbons (Fsp3) is 0.690. The molecule has 0 aromatic rings. The lowest BCUT2D eigenvalue weighted by Crippen LogP contribution is -2.64. The van der Waals surface area contributed by atoms with E-state index < -0.39 is 108 Å². The zero-order chi connectivity index (χ0) is 35.5. The molecule has 17 heteroatoms. The lowest BCUT2D eigenvalue weighted by Gasteiger charge is -2.46. The van der Waals surface area contributed by atoms with E-state index in [1.807, 2.05) is 0 Å². The third-order valence-corrected chi connectivity index (χ3v) is 7.56. The molecule has 0 aromatic carbocycles. The van der Waals surface area contributed by atoms with Crippen molar-refractivity contribution in [2.45, 2.75) is 97.7 Å². The van der Waals surface area contributed by atoms with E-state index in [-0.39, 0.29) is 6.42 Å². The van der Waals surface area contributed by atoms with Crippen LogP contribution >= 0.6 is 0 Å². The number of rotatable bonds is 15. The third kappa shape index (κ3) is 10.2. The average molecular weight is 660 g/mol. The Bertz CT molecular complexity index is 1240. The zero-order valence-electron chi connectivity index (χ0n) is 27.3. The van der Waals surface area contributed by atoms with Crippen LogP contribution in [-0.4, -0.2) is 97.5 Å². The number of nitrogens with zero attached hydrogens (tertiary/aromatic N) is 1. The van der Waals surface area contributed by atoms with E-state index in [1.165, 1.54) is 0 Å². The number of nitro groups is 1. The molecule has 1 rings (SSSR count). The number of hydrogen-bond acceptors (Lipinski definition) is 16. The second kappa shape index (κ2) is 17.2. The van der Waals surface area contributed by atoms with Gasteiger partial charge < -0.3 is 33.2 Å². The minimum absolute atomic E-state index is 0.258. The fourth-order valence-electron chi connectivity index (χ4n) is 5.59. The maximum absolute atomic E-state index is 13.3. The van der Waals surface area contributed by atoms with Gasteiger partial charge >= 0.3 is 41.8 Å². The topological polar surface area (TPSA) is 227 Å². The van der Waals surface area contributed by atoms with E-state index in [0.717, 1.165) is 48.8 Å². The SMILES string of the molecule is COC(=O)C[C@@H](C(=O)OC)[C@]1([N+](=O)[O-])CC(C)=C(C)C[C@H]1[C@@H](OC(C)=O)[C@@H](OC(C)=O)[C@H](OC(C)=O)[C@@H](COC(C)=O)OC(C)=O. The minimum atomic E-state index is -2.48. The normalized spacial score (nSPS) is 20.8. The Balaban J connectivity index is 4.26. The number of carbonyl (C=O) groups is 7. The van der Waals surface area contributed by atoms with Crippen molar-refractivity contribution in [3.8, 4) is 0 Å². The molecule has 1 aliphatic carbocycles. The average Bonchev–Trinajstić information content (AvgIpc) is 2.94. The molecule has 258 valence electrons. The first-order valence-corrected chi connectivity index (χ1v) is 14.1. The second-order valence-electron chi connectivity index (χ2n) is 10.8. The van der Waals surface area contributed by atoms with Gasteiger partial charge in [0.1, 0.15) is 12.5 Å². The van der Waals surface area contributed by atoms with Crippen LogP contribution < -0.4 is 0 Å². The molecule has 7 atom stereocenters. The van der Waals surface area contributed by atoms with Crippen molar-refractivity contribution >= 4 is 41.8 Å². The van der Waals surface area contributed by atoms with Gasteiger partial charge in [0.2, 0.25) is 5.54 Å². The first-order chi connectivity index (χ1) is 21.3. The van der Waals surface area contributed by atoms with Crippen LogP contribution in [0.3, 0.4) is 0 Å². The predicted octanol–water partition coefficient (Wildman–Crippen LogP) is 1.39. The summed E-state index contributed by atoms with van der Waals surface area (Å²) in [6, 6.07) is 0. The van der Waals surface area contributed by atoms with Gasteiger partial charge in [0, 0.05) is 46.0 Å². The van der Waals surface area contributed by atoms with Crippen molar-refractivity contribution in [1.29, 1.82) is 0 Å². The van der Waals surface area contributed by atoms with Crippen molar-refractivity contribution in [3.63, 3.8) is 0 Å². The van der Waals surface area contributed by atoms with Gasteiger partial charge in [-0.25, -0.2) is 0 Å². The smallest absolute Gasteiger partial charge is 0.316 e. The van der Waals surface area contributed by atoms with Gasteiger partial charge in [-0.15, -0.1) is 0 Å². The largest absolute Gasteiger partial charge is 0.469 e. The highest BCUT2D eigenvalue weighted by Crippen LogP contribution is 2.49. The molecule has 0 aliphatic heterocycles. The number of hydrogen-bond donors (Lipinski definition) is 0. The maximum atomic E-state index is 13.3. The van der Waals surface area contributed by atoms with Crippen molar-refractivity contribution < 1.29 is 71.6 Å². The van der Waals surface area contributed by atoms with Gasteiger partial charge in [-0.2, -0.15) is 0 Å². The van der Waals surface area contributed by atoms with Crippen LogP contribution in [0.4, 0.5) is 0 Å². The van der Waals surface area contributed by atoms with Gasteiger partial charge in [0.15, 0.2) is 24.4 Å². The van der Waals surface area contributed by atoms with Crippen LogP contribution in [0, 0.1) is 22.0 Å². The quantitative estimate of drug-likeness (QED) is 0.0795. The predicted molar refractivity (Wildman–Crippen MR) is 152 cm³/mol. The van der Waals surface area contributed by atoms with Crippen molar-refractivity contribution in [1.82, 2.24) is 0 Å². The highest BCUT2D eigenvalue weighted by atomic mass is 16.6.